The van der Waals surface area contributed by atoms with E-state index in [-0.39, 0.29) is 42.7 Å². The molecule has 8 heteroatoms. The number of allylic oxidation sites excluding steroid dienone is 2. The van der Waals surface area contributed by atoms with Gasteiger partial charge in [-0.05, 0) is 38.5 Å². The third-order valence-electron chi connectivity index (χ3n) is 11.4. The van der Waals surface area contributed by atoms with Gasteiger partial charge in [-0.1, -0.05) is 193 Å². The van der Waals surface area contributed by atoms with E-state index in [2.05, 4.69) is 26.0 Å². The van der Waals surface area contributed by atoms with E-state index in [0.717, 1.165) is 38.5 Å². The highest BCUT2D eigenvalue weighted by molar-refractivity contribution is 5.70. The lowest BCUT2D eigenvalue weighted by molar-refractivity contribution is -0.889. The predicted octanol–water partition coefficient (Wildman–Crippen LogP) is 12.5. The number of carboxylic acids is 1. The van der Waals surface area contributed by atoms with Crippen molar-refractivity contribution in [2.24, 2.45) is 0 Å². The SMILES string of the molecule is CCCCCCCC/C=C/CCCCCCCCCC(=O)OC(COCCC(C(=O)[O-])[N+](C)(C)C)COC(=O)CCCCCCCCCCCCCCCCCCC. The molecule has 0 rings (SSSR count). The lowest BCUT2D eigenvalue weighted by atomic mass is 10.0. The van der Waals surface area contributed by atoms with Gasteiger partial charge in [0.1, 0.15) is 12.6 Å². The molecule has 0 aromatic heterocycles. The maximum absolute atomic E-state index is 12.8. The van der Waals surface area contributed by atoms with E-state index in [1.807, 2.05) is 0 Å². The summed E-state index contributed by atoms with van der Waals surface area (Å²) in [5.74, 6) is -1.72. The first-order valence-electron chi connectivity index (χ1n) is 24.7. The second-order valence-electron chi connectivity index (χ2n) is 18.1. The molecule has 0 aromatic rings. The number of unbranched alkanes of at least 4 members (excludes halogenated alkanes) is 29. The van der Waals surface area contributed by atoms with Crippen LogP contribution in [0.15, 0.2) is 12.2 Å². The number of carboxylic acid groups (broad SMARTS) is 1. The van der Waals surface area contributed by atoms with Crippen molar-refractivity contribution < 1.29 is 38.2 Å². The van der Waals surface area contributed by atoms with Gasteiger partial charge in [0.2, 0.25) is 0 Å². The number of hydrogen-bond acceptors (Lipinski definition) is 7. The van der Waals surface area contributed by atoms with Crippen LogP contribution in [0.25, 0.3) is 0 Å². The molecule has 0 fully saturated rings. The minimum atomic E-state index is -1.12. The molecule has 0 amide bonds. The molecule has 2 atom stereocenters. The lowest BCUT2D eigenvalue weighted by Crippen LogP contribution is -2.55. The van der Waals surface area contributed by atoms with Crippen LogP contribution < -0.4 is 5.11 Å². The van der Waals surface area contributed by atoms with E-state index < -0.39 is 18.1 Å². The van der Waals surface area contributed by atoms with Gasteiger partial charge in [0, 0.05) is 19.3 Å². The summed E-state index contributed by atoms with van der Waals surface area (Å²) in [6.45, 7) is 4.69. The van der Waals surface area contributed by atoms with Gasteiger partial charge in [0.05, 0.1) is 40.3 Å². The fraction of sp³-hybridized carbons (Fsp3) is 0.900. The highest BCUT2D eigenvalue weighted by Crippen LogP contribution is 2.16. The zero-order chi connectivity index (χ0) is 42.8. The first kappa shape index (κ1) is 56.1. The third-order valence-corrected chi connectivity index (χ3v) is 11.4. The Hall–Kier alpha value is -1.93. The standard InChI is InChI=1S/C50H95NO7/c1-6-8-10-12-14-16-18-20-22-24-26-28-30-32-34-36-38-40-48(52)57-45-46(44-56-43-42-47(50(54)55)51(3,4)5)58-49(53)41-39-37-35-33-31-29-27-25-23-21-19-17-15-13-11-9-7-2/h21,23,46-47H,6-20,22,24-45H2,1-5H3/b23-21+. The summed E-state index contributed by atoms with van der Waals surface area (Å²) in [5.41, 5.74) is 0. The summed E-state index contributed by atoms with van der Waals surface area (Å²) >= 11 is 0. The smallest absolute Gasteiger partial charge is 0.306 e. The molecule has 0 N–H and O–H groups in total. The number of carbonyl (C=O) groups excluding carboxylic acids is 3. The van der Waals surface area contributed by atoms with Gasteiger partial charge in [-0.25, -0.2) is 0 Å². The number of rotatable bonds is 45. The largest absolute Gasteiger partial charge is 0.544 e. The number of quaternary nitrogens is 1. The number of nitrogens with zero attached hydrogens (tertiary/aromatic N) is 1. The van der Waals surface area contributed by atoms with Crippen LogP contribution in [0.5, 0.6) is 0 Å². The first-order chi connectivity index (χ1) is 28.1. The van der Waals surface area contributed by atoms with E-state index in [9.17, 15) is 19.5 Å². The molecule has 0 heterocycles. The highest BCUT2D eigenvalue weighted by atomic mass is 16.6. The Morgan fingerprint density at radius 1 is 0.500 bits per heavy atom. The zero-order valence-corrected chi connectivity index (χ0v) is 39.0. The van der Waals surface area contributed by atoms with E-state index in [4.69, 9.17) is 14.2 Å². The highest BCUT2D eigenvalue weighted by Gasteiger charge is 2.25. The molecular formula is C50H95NO7. The Labute approximate surface area is 359 Å². The molecule has 342 valence electrons. The summed E-state index contributed by atoms with van der Waals surface area (Å²) in [6, 6.07) is -0.722. The van der Waals surface area contributed by atoms with Crippen molar-refractivity contribution in [3.05, 3.63) is 12.2 Å². The second kappa shape index (κ2) is 41.8. The minimum absolute atomic E-state index is 0.0449. The fourth-order valence-corrected chi connectivity index (χ4v) is 7.54. The first-order valence-corrected chi connectivity index (χ1v) is 24.7. The van der Waals surface area contributed by atoms with Crippen LogP contribution in [-0.4, -0.2) is 75.5 Å². The number of carbonyl (C=O) groups is 3. The quantitative estimate of drug-likeness (QED) is 0.0261. The van der Waals surface area contributed by atoms with Gasteiger partial charge in [-0.2, -0.15) is 0 Å². The van der Waals surface area contributed by atoms with Gasteiger partial charge in [-0.3, -0.25) is 9.59 Å². The lowest BCUT2D eigenvalue weighted by Gasteiger charge is -2.34. The van der Waals surface area contributed by atoms with E-state index in [1.165, 1.54) is 167 Å². The normalized spacial score (nSPS) is 12.9. The van der Waals surface area contributed by atoms with Crippen molar-refractivity contribution in [3.63, 3.8) is 0 Å². The Bertz CT molecular complexity index is 962. The summed E-state index contributed by atoms with van der Waals surface area (Å²) in [7, 11) is 5.42. The Kier molecular flexibility index (Phi) is 40.4. The molecule has 2 unspecified atom stereocenters. The van der Waals surface area contributed by atoms with Gasteiger partial charge in [0.15, 0.2) is 6.10 Å². The molecule has 0 aliphatic carbocycles. The van der Waals surface area contributed by atoms with E-state index >= 15 is 0 Å². The average Bonchev–Trinajstić information content (AvgIpc) is 3.18. The number of ether oxygens (including phenoxy) is 3. The number of likely N-dealkylation sites (N-methyl/N-ethyl adjacent to an activating group) is 1. The molecular weight excluding hydrogens is 727 g/mol. The van der Waals surface area contributed by atoms with Gasteiger partial charge < -0.3 is 28.6 Å². The molecule has 0 spiro atoms. The molecule has 0 saturated carbocycles. The monoisotopic (exact) mass is 822 g/mol. The van der Waals surface area contributed by atoms with Crippen molar-refractivity contribution in [2.75, 3.05) is 41.0 Å². The molecule has 0 saturated heterocycles. The average molecular weight is 822 g/mol. The summed E-state index contributed by atoms with van der Waals surface area (Å²) in [4.78, 5) is 37.0. The number of hydrogen-bond donors (Lipinski definition) is 0. The van der Waals surface area contributed by atoms with Gasteiger partial charge >= 0.3 is 11.9 Å². The topological polar surface area (TPSA) is 102 Å². The number of esters is 2. The van der Waals surface area contributed by atoms with Gasteiger partial charge in [0.25, 0.3) is 0 Å². The van der Waals surface area contributed by atoms with Crippen LogP contribution in [0, 0.1) is 0 Å². The predicted molar refractivity (Wildman–Crippen MR) is 241 cm³/mol. The molecule has 0 aliphatic heterocycles. The van der Waals surface area contributed by atoms with E-state index in [0.29, 0.717) is 12.8 Å². The van der Waals surface area contributed by atoms with Crippen molar-refractivity contribution in [1.29, 1.82) is 0 Å². The summed E-state index contributed by atoms with van der Waals surface area (Å²) < 4.78 is 17.2. The third kappa shape index (κ3) is 39.5. The van der Waals surface area contributed by atoms with Crippen molar-refractivity contribution in [1.82, 2.24) is 0 Å². The van der Waals surface area contributed by atoms with Crippen molar-refractivity contribution in [2.45, 2.75) is 251 Å². The fourth-order valence-electron chi connectivity index (χ4n) is 7.54. The van der Waals surface area contributed by atoms with Crippen LogP contribution in [0.4, 0.5) is 0 Å². The maximum atomic E-state index is 12.8. The zero-order valence-electron chi connectivity index (χ0n) is 39.0. The van der Waals surface area contributed by atoms with Crippen LogP contribution in [0.3, 0.4) is 0 Å². The maximum Gasteiger partial charge on any atom is 0.306 e. The molecule has 0 aliphatic rings. The Morgan fingerprint density at radius 2 is 0.862 bits per heavy atom. The second-order valence-corrected chi connectivity index (χ2v) is 18.1. The molecule has 8 nitrogen and oxygen atoms in total. The van der Waals surface area contributed by atoms with Gasteiger partial charge in [-0.15, -0.1) is 0 Å². The van der Waals surface area contributed by atoms with E-state index in [1.54, 1.807) is 21.1 Å². The summed E-state index contributed by atoms with van der Waals surface area (Å²) in [6.07, 6.45) is 45.2. The van der Waals surface area contributed by atoms with Crippen molar-refractivity contribution >= 4 is 17.9 Å². The Balaban J connectivity index is 4.25. The van der Waals surface area contributed by atoms with Crippen LogP contribution >= 0.6 is 0 Å². The van der Waals surface area contributed by atoms with Crippen LogP contribution in [0.2, 0.25) is 0 Å². The number of aliphatic carboxylic acids is 1. The molecule has 0 bridgehead atoms. The van der Waals surface area contributed by atoms with Crippen LogP contribution in [-0.2, 0) is 28.6 Å². The molecule has 0 radical (unpaired) electrons. The Morgan fingerprint density at radius 3 is 1.24 bits per heavy atom. The van der Waals surface area contributed by atoms with Crippen molar-refractivity contribution in [3.8, 4) is 0 Å². The van der Waals surface area contributed by atoms with Crippen LogP contribution in [0.1, 0.15) is 239 Å². The molecule has 58 heavy (non-hydrogen) atoms. The minimum Gasteiger partial charge on any atom is -0.544 e. The summed E-state index contributed by atoms with van der Waals surface area (Å²) in [5, 5.41) is 11.6. The molecule has 0 aromatic carbocycles.